The molecule has 0 fully saturated rings. The van der Waals surface area contributed by atoms with Crippen LogP contribution in [-0.4, -0.2) is 22.8 Å². The maximum absolute atomic E-state index is 12.5. The molecule has 0 aliphatic carbocycles. The van der Waals surface area contributed by atoms with Gasteiger partial charge in [-0.25, -0.2) is 0 Å². The monoisotopic (exact) mass is 471 g/mol. The minimum Gasteiger partial charge on any atom is -0.497 e. The number of rotatable bonds is 8. The molecular weight excluding hydrogens is 453 g/mol. The number of ether oxygens (including phenoxy) is 2. The second-order valence-electron chi connectivity index (χ2n) is 6.78. The fourth-order valence-corrected chi connectivity index (χ4v) is 3.46. The maximum Gasteiger partial charge on any atom is 0.292 e. The van der Waals surface area contributed by atoms with E-state index in [0.717, 1.165) is 11.3 Å². The first-order valence-corrected chi connectivity index (χ1v) is 10.4. The minimum atomic E-state index is -0.415. The second kappa shape index (κ2) is 9.80. The van der Waals surface area contributed by atoms with Crippen molar-refractivity contribution in [1.29, 1.82) is 0 Å². The molecule has 7 nitrogen and oxygen atoms in total. The van der Waals surface area contributed by atoms with Crippen LogP contribution in [-0.2, 0) is 13.2 Å². The molecule has 4 aromatic rings. The van der Waals surface area contributed by atoms with Crippen LogP contribution in [0.3, 0.4) is 0 Å². The lowest BCUT2D eigenvalue weighted by Crippen LogP contribution is -2.12. The van der Waals surface area contributed by atoms with E-state index in [2.05, 4.69) is 10.4 Å². The van der Waals surface area contributed by atoms with E-state index < -0.39 is 5.91 Å². The average Bonchev–Trinajstić information content (AvgIpc) is 3.45. The Bertz CT molecular complexity index is 1200. The molecule has 9 heteroatoms. The zero-order chi connectivity index (χ0) is 22.5. The number of carbonyl (C=O) groups excluding carboxylic acids is 1. The van der Waals surface area contributed by atoms with Crippen LogP contribution in [0.4, 0.5) is 5.82 Å². The Hall–Kier alpha value is -3.42. The summed E-state index contributed by atoms with van der Waals surface area (Å²) in [5, 5.41) is 8.16. The van der Waals surface area contributed by atoms with Gasteiger partial charge in [0.2, 0.25) is 0 Å². The number of carbonyl (C=O) groups is 1. The van der Waals surface area contributed by atoms with Crippen molar-refractivity contribution < 1.29 is 18.7 Å². The van der Waals surface area contributed by atoms with E-state index in [0.29, 0.717) is 33.9 Å². The predicted molar refractivity (Wildman–Crippen MR) is 122 cm³/mol. The largest absolute Gasteiger partial charge is 0.497 e. The van der Waals surface area contributed by atoms with Crippen LogP contribution in [0.1, 0.15) is 21.9 Å². The zero-order valence-corrected chi connectivity index (χ0v) is 18.6. The van der Waals surface area contributed by atoms with Crippen molar-refractivity contribution in [3.8, 4) is 11.5 Å². The van der Waals surface area contributed by atoms with Crippen LogP contribution in [0.25, 0.3) is 0 Å². The van der Waals surface area contributed by atoms with Crippen LogP contribution >= 0.6 is 23.2 Å². The van der Waals surface area contributed by atoms with Gasteiger partial charge < -0.3 is 19.2 Å². The number of anilines is 1. The molecule has 0 atom stereocenters. The molecule has 2 aromatic carbocycles. The van der Waals surface area contributed by atoms with E-state index in [1.165, 1.54) is 0 Å². The Morgan fingerprint density at radius 1 is 1.03 bits per heavy atom. The van der Waals surface area contributed by atoms with Gasteiger partial charge in [-0.2, -0.15) is 5.10 Å². The van der Waals surface area contributed by atoms with Crippen molar-refractivity contribution in [2.24, 2.45) is 0 Å². The number of furan rings is 1. The maximum atomic E-state index is 12.5. The number of methoxy groups -OCH3 is 1. The molecule has 0 saturated heterocycles. The third kappa shape index (κ3) is 5.25. The molecule has 32 heavy (non-hydrogen) atoms. The lowest BCUT2D eigenvalue weighted by Gasteiger charge is -2.07. The first kappa shape index (κ1) is 21.8. The summed E-state index contributed by atoms with van der Waals surface area (Å²) in [5.41, 5.74) is 0.754. The molecule has 0 spiro atoms. The highest BCUT2D eigenvalue weighted by Gasteiger charge is 2.14. The van der Waals surface area contributed by atoms with Gasteiger partial charge >= 0.3 is 0 Å². The number of hydrogen-bond acceptors (Lipinski definition) is 5. The fourth-order valence-electron chi connectivity index (χ4n) is 2.94. The molecule has 0 aliphatic rings. The first-order chi connectivity index (χ1) is 15.5. The van der Waals surface area contributed by atoms with Gasteiger partial charge in [0.1, 0.15) is 23.9 Å². The molecule has 164 valence electrons. The van der Waals surface area contributed by atoms with Crippen molar-refractivity contribution in [1.82, 2.24) is 9.78 Å². The molecule has 0 saturated carbocycles. The summed E-state index contributed by atoms with van der Waals surface area (Å²) in [6, 6.07) is 17.5. The van der Waals surface area contributed by atoms with E-state index in [1.807, 2.05) is 0 Å². The summed E-state index contributed by atoms with van der Waals surface area (Å²) >= 11 is 12.4. The van der Waals surface area contributed by atoms with Crippen molar-refractivity contribution >= 4 is 34.9 Å². The number of nitrogens with one attached hydrogen (secondary N) is 1. The minimum absolute atomic E-state index is 0.155. The highest BCUT2D eigenvalue weighted by atomic mass is 35.5. The normalized spacial score (nSPS) is 10.7. The van der Waals surface area contributed by atoms with Crippen molar-refractivity contribution in [3.63, 3.8) is 0 Å². The van der Waals surface area contributed by atoms with E-state index >= 15 is 0 Å². The molecule has 0 aliphatic heterocycles. The number of nitrogens with zero attached hydrogens (tertiary/aromatic N) is 2. The molecule has 1 amide bonds. The van der Waals surface area contributed by atoms with E-state index in [4.69, 9.17) is 37.1 Å². The number of benzene rings is 2. The first-order valence-electron chi connectivity index (χ1n) is 9.65. The molecule has 2 heterocycles. The standard InChI is InChI=1S/C23H19Cl2N3O4/c1-30-15-5-7-16(8-6-15)31-14-17-9-10-21(32-17)23(29)26-22-11-12-28(27-22)13-18-19(24)3-2-4-20(18)25/h2-12H,13-14H2,1H3,(H,26,27,29). The van der Waals surface area contributed by atoms with Crippen molar-refractivity contribution in [2.45, 2.75) is 13.2 Å². The third-order valence-electron chi connectivity index (χ3n) is 4.59. The highest BCUT2D eigenvalue weighted by molar-refractivity contribution is 6.35. The highest BCUT2D eigenvalue weighted by Crippen LogP contribution is 2.25. The number of amides is 1. The Labute approximate surface area is 194 Å². The van der Waals surface area contributed by atoms with Gasteiger partial charge in [-0.1, -0.05) is 29.3 Å². The lowest BCUT2D eigenvalue weighted by atomic mass is 10.2. The number of hydrogen-bond donors (Lipinski definition) is 1. The summed E-state index contributed by atoms with van der Waals surface area (Å²) in [6.07, 6.45) is 1.73. The molecular formula is C23H19Cl2N3O4. The Morgan fingerprint density at radius 3 is 2.47 bits per heavy atom. The third-order valence-corrected chi connectivity index (χ3v) is 5.30. The summed E-state index contributed by atoms with van der Waals surface area (Å²) in [4.78, 5) is 12.5. The quantitative estimate of drug-likeness (QED) is 0.358. The van der Waals surface area contributed by atoms with E-state index in [-0.39, 0.29) is 12.4 Å². The van der Waals surface area contributed by atoms with Gasteiger partial charge in [-0.05, 0) is 48.5 Å². The van der Waals surface area contributed by atoms with Crippen LogP contribution in [0.5, 0.6) is 11.5 Å². The van der Waals surface area contributed by atoms with Gasteiger partial charge in [-0.3, -0.25) is 9.48 Å². The molecule has 0 radical (unpaired) electrons. The van der Waals surface area contributed by atoms with Crippen LogP contribution in [0.2, 0.25) is 10.0 Å². The Morgan fingerprint density at radius 2 is 1.75 bits per heavy atom. The fraction of sp³-hybridized carbons (Fsp3) is 0.130. The van der Waals surface area contributed by atoms with Crippen molar-refractivity contribution in [2.75, 3.05) is 12.4 Å². The second-order valence-corrected chi connectivity index (χ2v) is 7.60. The number of aromatic nitrogens is 2. The lowest BCUT2D eigenvalue weighted by molar-refractivity contribution is 0.0992. The SMILES string of the molecule is COc1ccc(OCc2ccc(C(=O)Nc3ccn(Cc4c(Cl)cccc4Cl)n3)o2)cc1. The predicted octanol–water partition coefficient (Wildman–Crippen LogP) is 5.67. The molecule has 4 rings (SSSR count). The molecule has 0 bridgehead atoms. The van der Waals surface area contributed by atoms with Gasteiger partial charge in [0.05, 0.1) is 13.7 Å². The summed E-state index contributed by atoms with van der Waals surface area (Å²) in [6.45, 7) is 0.564. The van der Waals surface area contributed by atoms with E-state index in [1.54, 1.807) is 78.7 Å². The molecule has 0 unspecified atom stereocenters. The van der Waals surface area contributed by atoms with Gasteiger partial charge in [-0.15, -0.1) is 0 Å². The number of halogens is 2. The van der Waals surface area contributed by atoms with Crippen molar-refractivity contribution in [3.05, 3.63) is 94.0 Å². The Kier molecular flexibility index (Phi) is 6.68. The smallest absolute Gasteiger partial charge is 0.292 e. The van der Waals surface area contributed by atoms with Crippen LogP contribution in [0.15, 0.2) is 71.3 Å². The van der Waals surface area contributed by atoms with Gasteiger partial charge in [0.25, 0.3) is 5.91 Å². The topological polar surface area (TPSA) is 78.5 Å². The summed E-state index contributed by atoms with van der Waals surface area (Å²) in [5.74, 6) is 2.04. The van der Waals surface area contributed by atoms with Crippen LogP contribution < -0.4 is 14.8 Å². The van der Waals surface area contributed by atoms with Gasteiger partial charge in [0.15, 0.2) is 11.6 Å². The van der Waals surface area contributed by atoms with Crippen LogP contribution in [0, 0.1) is 0 Å². The van der Waals surface area contributed by atoms with Gasteiger partial charge in [0, 0.05) is 27.9 Å². The zero-order valence-electron chi connectivity index (χ0n) is 17.0. The summed E-state index contributed by atoms with van der Waals surface area (Å²) in [7, 11) is 1.60. The summed E-state index contributed by atoms with van der Waals surface area (Å²) < 4.78 is 18.0. The van der Waals surface area contributed by atoms with E-state index in [9.17, 15) is 4.79 Å². The molecule has 1 N–H and O–H groups in total. The average molecular weight is 472 g/mol. The Balaban J connectivity index is 1.34. The molecule has 2 aromatic heterocycles.